The highest BCUT2D eigenvalue weighted by Crippen LogP contribution is 2.38. The maximum atomic E-state index is 13.0. The first-order valence-corrected chi connectivity index (χ1v) is 11.0. The van der Waals surface area contributed by atoms with Crippen molar-refractivity contribution in [2.45, 2.75) is 31.8 Å². The Kier molecular flexibility index (Phi) is 5.28. The van der Waals surface area contributed by atoms with Gasteiger partial charge in [0.25, 0.3) is 5.91 Å². The van der Waals surface area contributed by atoms with Crippen molar-refractivity contribution in [2.24, 2.45) is 5.92 Å². The van der Waals surface area contributed by atoms with Gasteiger partial charge in [0, 0.05) is 31.7 Å². The molecule has 158 valence electrons. The lowest BCUT2D eigenvalue weighted by molar-refractivity contribution is -0.135. The molecular formula is C25H26N4O2. The second-order valence-corrected chi connectivity index (χ2v) is 8.29. The molecule has 2 amide bonds. The highest BCUT2D eigenvalue weighted by molar-refractivity contribution is 5.92. The highest BCUT2D eigenvalue weighted by atomic mass is 16.2. The normalized spacial score (nSPS) is 17.8. The minimum atomic E-state index is -0.256. The summed E-state index contributed by atoms with van der Waals surface area (Å²) in [5.41, 5.74) is 2.62. The van der Waals surface area contributed by atoms with Crippen molar-refractivity contribution in [3.05, 3.63) is 89.5 Å². The number of hydrogen-bond donors (Lipinski definition) is 1. The van der Waals surface area contributed by atoms with Crippen LogP contribution in [0.5, 0.6) is 0 Å². The highest BCUT2D eigenvalue weighted by Gasteiger charge is 2.40. The molecule has 2 heterocycles. The van der Waals surface area contributed by atoms with E-state index in [0.717, 1.165) is 30.7 Å². The van der Waals surface area contributed by atoms with Gasteiger partial charge in [0.1, 0.15) is 17.6 Å². The van der Waals surface area contributed by atoms with E-state index < -0.39 is 0 Å². The molecule has 0 bridgehead atoms. The molecule has 1 unspecified atom stereocenters. The molecule has 1 aliphatic carbocycles. The van der Waals surface area contributed by atoms with Gasteiger partial charge in [-0.2, -0.15) is 0 Å². The predicted molar refractivity (Wildman–Crippen MR) is 117 cm³/mol. The number of amides is 2. The SMILES string of the molecule is O=C(NCCc1ccccc1)c1cn2c(n1)C(c1ccccc1)N(C(=O)C1CC1)CC2. The molecule has 1 aliphatic heterocycles. The molecule has 1 atom stereocenters. The van der Waals surface area contributed by atoms with Crippen molar-refractivity contribution in [1.82, 2.24) is 19.8 Å². The minimum Gasteiger partial charge on any atom is -0.350 e. The minimum absolute atomic E-state index is 0.147. The zero-order valence-electron chi connectivity index (χ0n) is 17.4. The van der Waals surface area contributed by atoms with Crippen LogP contribution in [0.1, 0.15) is 46.3 Å². The third-order valence-electron chi connectivity index (χ3n) is 6.05. The van der Waals surface area contributed by atoms with Crippen LogP contribution in [0.25, 0.3) is 0 Å². The van der Waals surface area contributed by atoms with Gasteiger partial charge in [-0.3, -0.25) is 9.59 Å². The monoisotopic (exact) mass is 414 g/mol. The van der Waals surface area contributed by atoms with Crippen LogP contribution in [-0.2, 0) is 17.8 Å². The molecule has 2 aliphatic rings. The quantitative estimate of drug-likeness (QED) is 0.674. The lowest BCUT2D eigenvalue weighted by Gasteiger charge is -2.36. The number of aromatic nitrogens is 2. The summed E-state index contributed by atoms with van der Waals surface area (Å²) >= 11 is 0. The number of rotatable bonds is 6. The predicted octanol–water partition coefficient (Wildman–Crippen LogP) is 3.20. The van der Waals surface area contributed by atoms with Crippen molar-refractivity contribution < 1.29 is 9.59 Å². The average Bonchev–Trinajstić information content (AvgIpc) is 3.57. The van der Waals surface area contributed by atoms with E-state index in [9.17, 15) is 9.59 Å². The standard InChI is InChI=1S/C25H26N4O2/c30-24(26-14-13-18-7-3-1-4-8-18)21-17-28-15-16-29(25(31)20-11-12-20)22(23(28)27-21)19-9-5-2-6-10-19/h1-10,17,20,22H,11-16H2,(H,26,30). The van der Waals surface area contributed by atoms with Gasteiger partial charge in [-0.15, -0.1) is 0 Å². The van der Waals surface area contributed by atoms with E-state index in [1.807, 2.05) is 64.2 Å². The van der Waals surface area contributed by atoms with Crippen molar-refractivity contribution in [3.63, 3.8) is 0 Å². The van der Waals surface area contributed by atoms with Gasteiger partial charge in [0.05, 0.1) is 0 Å². The van der Waals surface area contributed by atoms with Crippen molar-refractivity contribution >= 4 is 11.8 Å². The summed E-state index contributed by atoms with van der Waals surface area (Å²) in [7, 11) is 0. The summed E-state index contributed by atoms with van der Waals surface area (Å²) in [6, 6.07) is 19.8. The number of benzene rings is 2. The topological polar surface area (TPSA) is 67.2 Å². The molecule has 3 aromatic rings. The summed E-state index contributed by atoms with van der Waals surface area (Å²) < 4.78 is 2.03. The first-order valence-electron chi connectivity index (χ1n) is 11.0. The van der Waals surface area contributed by atoms with Gasteiger partial charge in [0.2, 0.25) is 5.91 Å². The zero-order chi connectivity index (χ0) is 21.2. The summed E-state index contributed by atoms with van der Waals surface area (Å²) in [6.45, 7) is 1.84. The fourth-order valence-electron chi connectivity index (χ4n) is 4.24. The largest absolute Gasteiger partial charge is 0.350 e. The number of nitrogens with zero attached hydrogens (tertiary/aromatic N) is 3. The summed E-state index contributed by atoms with van der Waals surface area (Å²) in [6.07, 6.45) is 4.54. The van der Waals surface area contributed by atoms with E-state index in [1.165, 1.54) is 5.56 Å². The van der Waals surface area contributed by atoms with Gasteiger partial charge in [-0.1, -0.05) is 60.7 Å². The van der Waals surface area contributed by atoms with E-state index in [0.29, 0.717) is 25.3 Å². The molecule has 6 nitrogen and oxygen atoms in total. The molecule has 1 saturated carbocycles. The van der Waals surface area contributed by atoms with Crippen molar-refractivity contribution in [2.75, 3.05) is 13.1 Å². The number of carbonyl (C=O) groups excluding carboxylic acids is 2. The molecular weight excluding hydrogens is 388 g/mol. The second-order valence-electron chi connectivity index (χ2n) is 8.29. The molecule has 2 aromatic carbocycles. The van der Waals surface area contributed by atoms with Crippen molar-refractivity contribution in [1.29, 1.82) is 0 Å². The lowest BCUT2D eigenvalue weighted by Crippen LogP contribution is -2.43. The van der Waals surface area contributed by atoms with Crippen LogP contribution in [0.2, 0.25) is 0 Å². The molecule has 0 spiro atoms. The van der Waals surface area contributed by atoms with E-state index >= 15 is 0 Å². The average molecular weight is 415 g/mol. The second kappa shape index (κ2) is 8.38. The van der Waals surface area contributed by atoms with Gasteiger partial charge >= 0.3 is 0 Å². The molecule has 0 saturated heterocycles. The molecule has 5 rings (SSSR count). The molecule has 0 radical (unpaired) electrons. The Hall–Kier alpha value is -3.41. The van der Waals surface area contributed by atoms with Crippen LogP contribution >= 0.6 is 0 Å². The summed E-state index contributed by atoms with van der Waals surface area (Å²) in [5, 5.41) is 2.98. The van der Waals surface area contributed by atoms with Crippen LogP contribution < -0.4 is 5.32 Å². The van der Waals surface area contributed by atoms with E-state index in [2.05, 4.69) is 17.4 Å². The Morgan fingerprint density at radius 3 is 2.39 bits per heavy atom. The Bertz CT molecular complexity index is 1070. The first kappa shape index (κ1) is 19.5. The van der Waals surface area contributed by atoms with E-state index in [1.54, 1.807) is 0 Å². The number of hydrogen-bond acceptors (Lipinski definition) is 3. The summed E-state index contributed by atoms with van der Waals surface area (Å²) in [4.78, 5) is 32.4. The molecule has 1 N–H and O–H groups in total. The first-order chi connectivity index (χ1) is 15.2. The maximum absolute atomic E-state index is 13.0. The van der Waals surface area contributed by atoms with Gasteiger partial charge < -0.3 is 14.8 Å². The Morgan fingerprint density at radius 2 is 1.68 bits per heavy atom. The lowest BCUT2D eigenvalue weighted by atomic mass is 10.0. The molecule has 31 heavy (non-hydrogen) atoms. The smallest absolute Gasteiger partial charge is 0.271 e. The van der Waals surface area contributed by atoms with Gasteiger partial charge in [-0.25, -0.2) is 4.98 Å². The Balaban J connectivity index is 1.36. The number of nitrogens with one attached hydrogen (secondary N) is 1. The van der Waals surface area contributed by atoms with Gasteiger partial charge in [0.15, 0.2) is 0 Å². The van der Waals surface area contributed by atoms with E-state index in [-0.39, 0.29) is 23.8 Å². The number of carbonyl (C=O) groups is 2. The molecule has 1 aromatic heterocycles. The van der Waals surface area contributed by atoms with Crippen LogP contribution in [0.3, 0.4) is 0 Å². The Labute approximate surface area is 181 Å². The fraction of sp³-hybridized carbons (Fsp3) is 0.320. The maximum Gasteiger partial charge on any atom is 0.271 e. The number of fused-ring (bicyclic) bond motifs is 1. The number of imidazole rings is 1. The van der Waals surface area contributed by atoms with Crippen LogP contribution in [0, 0.1) is 5.92 Å². The van der Waals surface area contributed by atoms with Crippen LogP contribution in [-0.4, -0.2) is 39.4 Å². The van der Waals surface area contributed by atoms with E-state index in [4.69, 9.17) is 4.98 Å². The van der Waals surface area contributed by atoms with Crippen LogP contribution in [0.4, 0.5) is 0 Å². The third-order valence-corrected chi connectivity index (χ3v) is 6.05. The molecule has 1 fully saturated rings. The Morgan fingerprint density at radius 1 is 0.968 bits per heavy atom. The van der Waals surface area contributed by atoms with Crippen LogP contribution in [0.15, 0.2) is 66.9 Å². The van der Waals surface area contributed by atoms with Gasteiger partial charge in [-0.05, 0) is 30.4 Å². The third kappa shape index (κ3) is 4.10. The summed E-state index contributed by atoms with van der Waals surface area (Å²) in [5.74, 6) is 0.940. The fourth-order valence-corrected chi connectivity index (χ4v) is 4.24. The molecule has 6 heteroatoms. The zero-order valence-corrected chi connectivity index (χ0v) is 17.4. The van der Waals surface area contributed by atoms with Crippen molar-refractivity contribution in [3.8, 4) is 0 Å².